The molecule has 0 aromatic heterocycles. The van der Waals surface area contributed by atoms with Gasteiger partial charge < -0.3 is 14.9 Å². The SMILES string of the molecule is N=C(CC(=O)c1ccccc1F)CC(C#Cc1ccccc1)c1ccc(OCCN2CCOCC2)cc1. The highest BCUT2D eigenvalue weighted by Crippen LogP contribution is 2.24. The standard InChI is InChI=1S/C31H31FN2O3/c32-30-9-5-4-8-29(30)31(35)23-27(33)22-26(11-10-24-6-2-1-3-7-24)25-12-14-28(15-13-25)37-21-18-34-16-19-36-20-17-34/h1-9,12-15,26,33H,16-23H2. The maximum absolute atomic E-state index is 14.0. The van der Waals surface area contributed by atoms with Crippen LogP contribution >= 0.6 is 0 Å². The molecule has 1 N–H and O–H groups in total. The van der Waals surface area contributed by atoms with Gasteiger partial charge in [0, 0.05) is 43.8 Å². The summed E-state index contributed by atoms with van der Waals surface area (Å²) in [7, 11) is 0. The Bertz CT molecular complexity index is 1240. The van der Waals surface area contributed by atoms with Gasteiger partial charge in [-0.3, -0.25) is 9.69 Å². The number of hydrogen-bond donors (Lipinski definition) is 1. The van der Waals surface area contributed by atoms with Gasteiger partial charge in [-0.25, -0.2) is 4.39 Å². The minimum atomic E-state index is -0.565. The Morgan fingerprint density at radius 1 is 1.00 bits per heavy atom. The molecule has 4 rings (SSSR count). The number of halogens is 1. The van der Waals surface area contributed by atoms with Crippen molar-refractivity contribution in [3.63, 3.8) is 0 Å². The van der Waals surface area contributed by atoms with Gasteiger partial charge in [-0.15, -0.1) is 0 Å². The molecule has 1 saturated heterocycles. The van der Waals surface area contributed by atoms with Crippen molar-refractivity contribution in [1.82, 2.24) is 4.90 Å². The second kappa shape index (κ2) is 13.5. The first-order chi connectivity index (χ1) is 18.1. The van der Waals surface area contributed by atoms with E-state index >= 15 is 0 Å². The number of nitrogens with zero attached hydrogens (tertiary/aromatic N) is 1. The summed E-state index contributed by atoms with van der Waals surface area (Å²) in [6.45, 7) is 4.83. The van der Waals surface area contributed by atoms with Crippen LogP contribution in [0.5, 0.6) is 5.75 Å². The van der Waals surface area contributed by atoms with Crippen molar-refractivity contribution in [2.75, 3.05) is 39.5 Å². The lowest BCUT2D eigenvalue weighted by Gasteiger charge is -2.26. The van der Waals surface area contributed by atoms with Gasteiger partial charge in [-0.1, -0.05) is 54.3 Å². The molecule has 0 saturated carbocycles. The first-order valence-electron chi connectivity index (χ1n) is 12.5. The number of carbonyl (C=O) groups is 1. The lowest BCUT2D eigenvalue weighted by molar-refractivity contribution is 0.0322. The van der Waals surface area contributed by atoms with Crippen LogP contribution in [0.1, 0.15) is 40.2 Å². The summed E-state index contributed by atoms with van der Waals surface area (Å²) in [6.07, 6.45) is 0.129. The van der Waals surface area contributed by atoms with E-state index in [0.29, 0.717) is 6.61 Å². The minimum Gasteiger partial charge on any atom is -0.492 e. The predicted octanol–water partition coefficient (Wildman–Crippen LogP) is 5.35. The number of ketones is 1. The van der Waals surface area contributed by atoms with Crippen LogP contribution in [0.2, 0.25) is 0 Å². The molecule has 1 aliphatic heterocycles. The molecule has 1 atom stereocenters. The number of carbonyl (C=O) groups excluding carboxylic acids is 1. The van der Waals surface area contributed by atoms with Gasteiger partial charge in [-0.05, 0) is 42.0 Å². The van der Waals surface area contributed by atoms with Crippen LogP contribution in [0.4, 0.5) is 4.39 Å². The van der Waals surface area contributed by atoms with Crippen LogP contribution in [0.25, 0.3) is 0 Å². The Labute approximate surface area is 217 Å². The Morgan fingerprint density at radius 3 is 2.43 bits per heavy atom. The van der Waals surface area contributed by atoms with E-state index in [1.165, 1.54) is 12.1 Å². The zero-order valence-corrected chi connectivity index (χ0v) is 20.8. The van der Waals surface area contributed by atoms with Crippen LogP contribution in [-0.4, -0.2) is 55.8 Å². The summed E-state index contributed by atoms with van der Waals surface area (Å²) in [5, 5.41) is 8.48. The fourth-order valence-electron chi connectivity index (χ4n) is 4.15. The molecule has 0 radical (unpaired) electrons. The summed E-state index contributed by atoms with van der Waals surface area (Å²) >= 11 is 0. The van der Waals surface area contributed by atoms with Crippen LogP contribution in [0, 0.1) is 23.1 Å². The van der Waals surface area contributed by atoms with Crippen LogP contribution in [0.3, 0.4) is 0 Å². The maximum atomic E-state index is 14.0. The lowest BCUT2D eigenvalue weighted by Crippen LogP contribution is -2.38. The second-order valence-electron chi connectivity index (χ2n) is 8.95. The van der Waals surface area contributed by atoms with Crippen LogP contribution < -0.4 is 4.74 Å². The third-order valence-electron chi connectivity index (χ3n) is 6.23. The molecule has 3 aromatic rings. The van der Waals surface area contributed by atoms with Crippen molar-refractivity contribution in [2.45, 2.75) is 18.8 Å². The van der Waals surface area contributed by atoms with E-state index in [2.05, 4.69) is 16.7 Å². The molecule has 1 fully saturated rings. The Balaban J connectivity index is 1.42. The van der Waals surface area contributed by atoms with Gasteiger partial charge in [0.1, 0.15) is 18.2 Å². The maximum Gasteiger partial charge on any atom is 0.171 e. The van der Waals surface area contributed by atoms with Crippen molar-refractivity contribution in [3.8, 4) is 17.6 Å². The first kappa shape index (κ1) is 26.3. The van der Waals surface area contributed by atoms with Crippen LogP contribution in [0.15, 0.2) is 78.9 Å². The molecule has 0 bridgehead atoms. The third-order valence-corrected chi connectivity index (χ3v) is 6.23. The number of hydrogen-bond acceptors (Lipinski definition) is 5. The number of nitrogens with one attached hydrogen (secondary N) is 1. The van der Waals surface area contributed by atoms with Crippen LogP contribution in [-0.2, 0) is 4.74 Å². The van der Waals surface area contributed by atoms with Crippen molar-refractivity contribution in [2.24, 2.45) is 0 Å². The van der Waals surface area contributed by atoms with E-state index < -0.39 is 11.6 Å². The Kier molecular flexibility index (Phi) is 9.59. The average molecular weight is 499 g/mol. The van der Waals surface area contributed by atoms with Gasteiger partial charge in [0.25, 0.3) is 0 Å². The van der Waals surface area contributed by atoms with Gasteiger partial charge in [0.2, 0.25) is 0 Å². The molecule has 190 valence electrons. The highest BCUT2D eigenvalue weighted by molar-refractivity contribution is 6.09. The second-order valence-corrected chi connectivity index (χ2v) is 8.95. The van der Waals surface area contributed by atoms with E-state index in [0.717, 1.165) is 49.7 Å². The number of ether oxygens (including phenoxy) is 2. The highest BCUT2D eigenvalue weighted by atomic mass is 19.1. The normalized spacial score (nSPS) is 14.3. The largest absolute Gasteiger partial charge is 0.492 e. The summed E-state index contributed by atoms with van der Waals surface area (Å²) in [5.41, 5.74) is 2.04. The highest BCUT2D eigenvalue weighted by Gasteiger charge is 2.17. The molecule has 1 aliphatic rings. The zero-order chi connectivity index (χ0) is 25.9. The summed E-state index contributed by atoms with van der Waals surface area (Å²) in [5.74, 6) is 5.99. The van der Waals surface area contributed by atoms with Crippen molar-refractivity contribution >= 4 is 11.5 Å². The molecular formula is C31H31FN2O3. The molecule has 1 heterocycles. The molecule has 37 heavy (non-hydrogen) atoms. The smallest absolute Gasteiger partial charge is 0.171 e. The Morgan fingerprint density at radius 2 is 1.70 bits per heavy atom. The minimum absolute atomic E-state index is 0.0118. The van der Waals surface area contributed by atoms with E-state index in [-0.39, 0.29) is 30.0 Å². The van der Waals surface area contributed by atoms with E-state index in [1.54, 1.807) is 12.1 Å². The van der Waals surface area contributed by atoms with Gasteiger partial charge in [0.05, 0.1) is 24.7 Å². The molecular weight excluding hydrogens is 467 g/mol. The summed E-state index contributed by atoms with van der Waals surface area (Å²) < 4.78 is 25.3. The van der Waals surface area contributed by atoms with E-state index in [4.69, 9.17) is 14.9 Å². The van der Waals surface area contributed by atoms with E-state index in [9.17, 15) is 9.18 Å². The predicted molar refractivity (Wildman–Crippen MR) is 143 cm³/mol. The van der Waals surface area contributed by atoms with Gasteiger partial charge >= 0.3 is 0 Å². The first-order valence-corrected chi connectivity index (χ1v) is 12.5. The summed E-state index contributed by atoms with van der Waals surface area (Å²) in [6, 6.07) is 23.3. The molecule has 3 aromatic carbocycles. The number of benzene rings is 3. The molecule has 6 heteroatoms. The quantitative estimate of drug-likeness (QED) is 0.232. The summed E-state index contributed by atoms with van der Waals surface area (Å²) in [4.78, 5) is 14.9. The van der Waals surface area contributed by atoms with Crippen molar-refractivity contribution in [3.05, 3.63) is 101 Å². The molecule has 0 spiro atoms. The molecule has 1 unspecified atom stereocenters. The topological polar surface area (TPSA) is 62.6 Å². The fourth-order valence-corrected chi connectivity index (χ4v) is 4.15. The molecule has 0 amide bonds. The van der Waals surface area contributed by atoms with Crippen molar-refractivity contribution in [1.29, 1.82) is 5.41 Å². The van der Waals surface area contributed by atoms with Gasteiger partial charge in [-0.2, -0.15) is 0 Å². The molecule has 5 nitrogen and oxygen atoms in total. The van der Waals surface area contributed by atoms with E-state index in [1.807, 2.05) is 54.6 Å². The number of rotatable bonds is 10. The zero-order valence-electron chi connectivity index (χ0n) is 20.8. The van der Waals surface area contributed by atoms with Crippen molar-refractivity contribution < 1.29 is 18.7 Å². The average Bonchev–Trinajstić information content (AvgIpc) is 2.93. The molecule has 0 aliphatic carbocycles. The number of morpholine rings is 1. The number of Topliss-reactive ketones (excluding diaryl/α,β-unsaturated/α-hetero) is 1. The fraction of sp³-hybridized carbons (Fsp3) is 0.290. The van der Waals surface area contributed by atoms with Gasteiger partial charge in [0.15, 0.2) is 5.78 Å². The third kappa shape index (κ3) is 8.11. The monoisotopic (exact) mass is 498 g/mol. The Hall–Kier alpha value is -3.79. The lowest BCUT2D eigenvalue weighted by atomic mass is 9.91.